The van der Waals surface area contributed by atoms with Gasteiger partial charge < -0.3 is 10.5 Å². The fraction of sp³-hybridized carbons (Fsp3) is 0.143. The molecule has 19 heavy (non-hydrogen) atoms. The summed E-state index contributed by atoms with van der Waals surface area (Å²) in [6, 6.07) is 8.92. The summed E-state index contributed by atoms with van der Waals surface area (Å²) in [4.78, 5) is 0. The van der Waals surface area contributed by atoms with Gasteiger partial charge in [0.2, 0.25) is 0 Å². The van der Waals surface area contributed by atoms with Crippen molar-refractivity contribution in [1.29, 1.82) is 0 Å². The summed E-state index contributed by atoms with van der Waals surface area (Å²) >= 11 is 3.10. The van der Waals surface area contributed by atoms with Crippen LogP contribution in [0.15, 0.2) is 40.9 Å². The van der Waals surface area contributed by atoms with E-state index in [-0.39, 0.29) is 19.0 Å². The third-order valence-electron chi connectivity index (χ3n) is 2.56. The third kappa shape index (κ3) is 3.75. The van der Waals surface area contributed by atoms with Gasteiger partial charge in [-0.15, -0.1) is 0 Å². The summed E-state index contributed by atoms with van der Waals surface area (Å²) in [5.74, 6) is -0.320. The number of rotatable bonds is 4. The van der Waals surface area contributed by atoms with Crippen LogP contribution in [0.1, 0.15) is 11.1 Å². The highest BCUT2D eigenvalue weighted by Crippen LogP contribution is 2.20. The normalized spacial score (nSPS) is 10.5. The van der Waals surface area contributed by atoms with Gasteiger partial charge in [0.25, 0.3) is 0 Å². The van der Waals surface area contributed by atoms with Crippen molar-refractivity contribution in [2.75, 3.05) is 0 Å². The highest BCUT2D eigenvalue weighted by atomic mass is 79.9. The average Bonchev–Trinajstić information content (AvgIpc) is 2.39. The average molecular weight is 328 g/mol. The molecule has 2 rings (SSSR count). The molecule has 2 nitrogen and oxygen atoms in total. The summed E-state index contributed by atoms with van der Waals surface area (Å²) in [7, 11) is 0. The maximum atomic E-state index is 13.3. The Bertz CT molecular complexity index is 590. The maximum Gasteiger partial charge on any atom is 0.137 e. The molecule has 0 saturated carbocycles. The van der Waals surface area contributed by atoms with E-state index in [0.29, 0.717) is 15.8 Å². The molecule has 2 aromatic carbocycles. The largest absolute Gasteiger partial charge is 0.489 e. The molecule has 0 fully saturated rings. The van der Waals surface area contributed by atoms with Crippen molar-refractivity contribution in [3.63, 3.8) is 0 Å². The first-order valence-electron chi connectivity index (χ1n) is 5.65. The Kier molecular flexibility index (Phi) is 4.50. The Morgan fingerprint density at radius 2 is 1.84 bits per heavy atom. The fourth-order valence-electron chi connectivity index (χ4n) is 1.62. The van der Waals surface area contributed by atoms with Crippen molar-refractivity contribution < 1.29 is 13.5 Å². The van der Waals surface area contributed by atoms with E-state index in [9.17, 15) is 8.78 Å². The predicted octanol–water partition coefficient (Wildman–Crippen LogP) is 3.77. The number of hydrogen-bond donors (Lipinski definition) is 1. The minimum atomic E-state index is -0.391. The summed E-state index contributed by atoms with van der Waals surface area (Å²) in [5, 5.41) is 0. The van der Waals surface area contributed by atoms with Crippen LogP contribution in [0, 0.1) is 11.6 Å². The Morgan fingerprint density at radius 3 is 2.53 bits per heavy atom. The van der Waals surface area contributed by atoms with Gasteiger partial charge in [0.1, 0.15) is 24.0 Å². The maximum absolute atomic E-state index is 13.3. The van der Waals surface area contributed by atoms with Crippen LogP contribution < -0.4 is 10.5 Å². The van der Waals surface area contributed by atoms with Gasteiger partial charge in [-0.25, -0.2) is 8.78 Å². The zero-order valence-electron chi connectivity index (χ0n) is 10.00. The van der Waals surface area contributed by atoms with Gasteiger partial charge in [-0.05, 0) is 51.3 Å². The van der Waals surface area contributed by atoms with E-state index < -0.39 is 5.82 Å². The van der Waals surface area contributed by atoms with E-state index in [4.69, 9.17) is 10.5 Å². The van der Waals surface area contributed by atoms with Crippen molar-refractivity contribution in [3.8, 4) is 5.75 Å². The highest BCUT2D eigenvalue weighted by Gasteiger charge is 2.04. The smallest absolute Gasteiger partial charge is 0.137 e. The van der Waals surface area contributed by atoms with E-state index in [0.717, 1.165) is 5.56 Å². The van der Waals surface area contributed by atoms with Crippen LogP contribution in [0.4, 0.5) is 8.78 Å². The van der Waals surface area contributed by atoms with Crippen LogP contribution in [-0.2, 0) is 13.2 Å². The molecule has 0 aromatic heterocycles. The van der Waals surface area contributed by atoms with E-state index in [2.05, 4.69) is 15.9 Å². The molecule has 5 heteroatoms. The van der Waals surface area contributed by atoms with Crippen LogP contribution in [0.2, 0.25) is 0 Å². The van der Waals surface area contributed by atoms with Crippen LogP contribution in [-0.4, -0.2) is 0 Å². The van der Waals surface area contributed by atoms with Crippen molar-refractivity contribution in [2.45, 2.75) is 13.2 Å². The lowest BCUT2D eigenvalue weighted by molar-refractivity contribution is 0.304. The number of nitrogens with two attached hydrogens (primary N) is 1. The van der Waals surface area contributed by atoms with Crippen molar-refractivity contribution in [2.24, 2.45) is 5.73 Å². The molecule has 0 radical (unpaired) electrons. The molecule has 0 bridgehead atoms. The van der Waals surface area contributed by atoms with Gasteiger partial charge in [-0.3, -0.25) is 0 Å². The SMILES string of the molecule is NCc1cc(F)cc(OCc2ccc(F)c(Br)c2)c1. The van der Waals surface area contributed by atoms with Crippen LogP contribution in [0.3, 0.4) is 0 Å². The van der Waals surface area contributed by atoms with Gasteiger partial charge in [0, 0.05) is 12.6 Å². The van der Waals surface area contributed by atoms with E-state index in [1.165, 1.54) is 18.2 Å². The summed E-state index contributed by atoms with van der Waals surface area (Å²) in [6.45, 7) is 0.475. The Labute approximate surface area is 118 Å². The number of benzene rings is 2. The number of halogens is 3. The van der Waals surface area contributed by atoms with E-state index in [1.54, 1.807) is 18.2 Å². The van der Waals surface area contributed by atoms with Crippen LogP contribution in [0.5, 0.6) is 5.75 Å². The number of ether oxygens (including phenoxy) is 1. The molecular weight excluding hydrogens is 316 g/mol. The van der Waals surface area contributed by atoms with Crippen molar-refractivity contribution >= 4 is 15.9 Å². The van der Waals surface area contributed by atoms with Gasteiger partial charge in [0.15, 0.2) is 0 Å². The second-order valence-electron chi connectivity index (χ2n) is 4.04. The quantitative estimate of drug-likeness (QED) is 0.927. The van der Waals surface area contributed by atoms with Crippen LogP contribution in [0.25, 0.3) is 0 Å². The zero-order valence-corrected chi connectivity index (χ0v) is 11.6. The Hall–Kier alpha value is -1.46. The van der Waals surface area contributed by atoms with Gasteiger partial charge in [0.05, 0.1) is 4.47 Å². The lowest BCUT2D eigenvalue weighted by Crippen LogP contribution is -2.00. The molecule has 0 heterocycles. The molecule has 0 amide bonds. The molecular formula is C14H12BrF2NO. The second-order valence-corrected chi connectivity index (χ2v) is 4.89. The number of hydrogen-bond acceptors (Lipinski definition) is 2. The molecule has 0 aliphatic rings. The second kappa shape index (κ2) is 6.12. The molecule has 0 spiro atoms. The molecule has 2 N–H and O–H groups in total. The summed E-state index contributed by atoms with van der Waals surface area (Å²) in [5.41, 5.74) is 6.91. The van der Waals surface area contributed by atoms with Gasteiger partial charge >= 0.3 is 0 Å². The topological polar surface area (TPSA) is 35.2 Å². The summed E-state index contributed by atoms with van der Waals surface area (Å²) in [6.07, 6.45) is 0. The zero-order chi connectivity index (χ0) is 13.8. The van der Waals surface area contributed by atoms with E-state index in [1.807, 2.05) is 0 Å². The first-order chi connectivity index (χ1) is 9.08. The lowest BCUT2D eigenvalue weighted by atomic mass is 10.2. The highest BCUT2D eigenvalue weighted by molar-refractivity contribution is 9.10. The molecule has 2 aromatic rings. The molecule has 0 aliphatic carbocycles. The Balaban J connectivity index is 2.09. The van der Waals surface area contributed by atoms with E-state index >= 15 is 0 Å². The molecule has 0 unspecified atom stereocenters. The standard InChI is InChI=1S/C14H12BrF2NO/c15-13-5-9(1-2-14(13)17)8-19-12-4-10(7-18)3-11(16)6-12/h1-6H,7-8,18H2. The summed E-state index contributed by atoms with van der Waals surface area (Å²) < 4.78 is 32.2. The Morgan fingerprint density at radius 1 is 1.05 bits per heavy atom. The first kappa shape index (κ1) is 14.0. The minimum absolute atomic E-state index is 0.229. The van der Waals surface area contributed by atoms with Crippen LogP contribution >= 0.6 is 15.9 Å². The molecule has 0 aliphatic heterocycles. The molecule has 100 valence electrons. The molecule has 0 saturated heterocycles. The van der Waals surface area contributed by atoms with Crippen molar-refractivity contribution in [3.05, 3.63) is 63.6 Å². The fourth-order valence-corrected chi connectivity index (χ4v) is 2.04. The molecule has 0 atom stereocenters. The monoisotopic (exact) mass is 327 g/mol. The lowest BCUT2D eigenvalue weighted by Gasteiger charge is -2.08. The van der Waals surface area contributed by atoms with Gasteiger partial charge in [-0.2, -0.15) is 0 Å². The third-order valence-corrected chi connectivity index (χ3v) is 3.16. The van der Waals surface area contributed by atoms with Crippen molar-refractivity contribution in [1.82, 2.24) is 0 Å². The minimum Gasteiger partial charge on any atom is -0.489 e. The van der Waals surface area contributed by atoms with Gasteiger partial charge in [-0.1, -0.05) is 6.07 Å². The predicted molar refractivity (Wildman–Crippen MR) is 72.7 cm³/mol. The first-order valence-corrected chi connectivity index (χ1v) is 6.44.